The zero-order chi connectivity index (χ0) is 26.3. The SMILES string of the molecule is CCCCCCCCCCCCCCCC1=[N+](Cc2ccc(F)cc2)CCc2cc(OC)c(OC)cc21. The highest BCUT2D eigenvalue weighted by Crippen LogP contribution is 2.33. The Balaban J connectivity index is 1.54. The highest BCUT2D eigenvalue weighted by Gasteiger charge is 2.27. The molecular formula is C33H49FNO2+. The van der Waals surface area contributed by atoms with Crippen LogP contribution >= 0.6 is 0 Å². The van der Waals surface area contributed by atoms with Gasteiger partial charge in [-0.05, 0) is 48.4 Å². The molecule has 0 unspecified atom stereocenters. The van der Waals surface area contributed by atoms with E-state index >= 15 is 0 Å². The van der Waals surface area contributed by atoms with Crippen LogP contribution in [-0.4, -0.2) is 31.1 Å². The first kappa shape index (κ1) is 29.2. The minimum atomic E-state index is -0.180. The second-order valence-electron chi connectivity index (χ2n) is 10.6. The summed E-state index contributed by atoms with van der Waals surface area (Å²) < 4.78 is 27.2. The van der Waals surface area contributed by atoms with Crippen LogP contribution in [0.15, 0.2) is 36.4 Å². The fourth-order valence-electron chi connectivity index (χ4n) is 5.54. The fourth-order valence-corrected chi connectivity index (χ4v) is 5.54. The lowest BCUT2D eigenvalue weighted by molar-refractivity contribution is -0.545. The van der Waals surface area contributed by atoms with Gasteiger partial charge in [-0.1, -0.05) is 84.0 Å². The van der Waals surface area contributed by atoms with E-state index in [1.54, 1.807) is 26.4 Å². The van der Waals surface area contributed by atoms with Crippen molar-refractivity contribution in [1.29, 1.82) is 0 Å². The van der Waals surface area contributed by atoms with Crippen molar-refractivity contribution in [2.45, 2.75) is 110 Å². The van der Waals surface area contributed by atoms with Gasteiger partial charge in [0.25, 0.3) is 0 Å². The molecule has 0 aromatic heterocycles. The first-order valence-electron chi connectivity index (χ1n) is 14.8. The molecule has 0 radical (unpaired) electrons. The highest BCUT2D eigenvalue weighted by molar-refractivity contribution is 5.99. The molecule has 1 aliphatic rings. The number of nitrogens with zero attached hydrogens (tertiary/aromatic N) is 1. The zero-order valence-electron chi connectivity index (χ0n) is 23.6. The molecule has 1 heterocycles. The van der Waals surface area contributed by atoms with Crippen molar-refractivity contribution < 1.29 is 18.4 Å². The molecule has 3 nitrogen and oxygen atoms in total. The lowest BCUT2D eigenvalue weighted by Crippen LogP contribution is -2.30. The molecule has 0 spiro atoms. The van der Waals surface area contributed by atoms with Crippen molar-refractivity contribution in [3.63, 3.8) is 0 Å². The standard InChI is InChI=1S/C33H49FNO2/c1-4-5-6-7-8-9-10-11-12-13-14-15-16-17-31-30-25-33(37-3)32(36-2)24-28(30)22-23-35(31)26-27-18-20-29(34)21-19-27/h18-21,24-25H,4-17,22-23,26H2,1-3H3/q+1. The maximum absolute atomic E-state index is 13.5. The maximum Gasteiger partial charge on any atom is 0.184 e. The number of unbranched alkanes of at least 4 members (excludes halogenated alkanes) is 12. The number of fused-ring (bicyclic) bond motifs is 1. The number of benzene rings is 2. The van der Waals surface area contributed by atoms with Crippen LogP contribution in [0.25, 0.3) is 0 Å². The van der Waals surface area contributed by atoms with E-state index in [9.17, 15) is 4.39 Å². The minimum Gasteiger partial charge on any atom is -0.493 e. The molecule has 4 heteroatoms. The van der Waals surface area contributed by atoms with E-state index in [1.165, 1.54) is 100 Å². The van der Waals surface area contributed by atoms with Gasteiger partial charge in [0.2, 0.25) is 0 Å². The lowest BCUT2D eigenvalue weighted by Gasteiger charge is -2.21. The summed E-state index contributed by atoms with van der Waals surface area (Å²) >= 11 is 0. The largest absolute Gasteiger partial charge is 0.493 e. The second kappa shape index (κ2) is 16.5. The van der Waals surface area contributed by atoms with Gasteiger partial charge in [-0.2, -0.15) is 0 Å². The Morgan fingerprint density at radius 3 is 1.84 bits per heavy atom. The van der Waals surface area contributed by atoms with Crippen molar-refractivity contribution in [1.82, 2.24) is 0 Å². The van der Waals surface area contributed by atoms with Gasteiger partial charge in [0.1, 0.15) is 12.4 Å². The van der Waals surface area contributed by atoms with Gasteiger partial charge in [0.05, 0.1) is 14.2 Å². The average molecular weight is 511 g/mol. The van der Waals surface area contributed by atoms with Gasteiger partial charge in [0.15, 0.2) is 23.8 Å². The Hall–Kier alpha value is -2.36. The molecule has 37 heavy (non-hydrogen) atoms. The van der Waals surface area contributed by atoms with E-state index in [2.05, 4.69) is 23.6 Å². The van der Waals surface area contributed by atoms with Crippen LogP contribution in [0.1, 0.15) is 114 Å². The number of methoxy groups -OCH3 is 2. The van der Waals surface area contributed by atoms with Crippen molar-refractivity contribution in [3.8, 4) is 11.5 Å². The Bertz CT molecular complexity index is 967. The molecule has 0 fully saturated rings. The maximum atomic E-state index is 13.5. The smallest absolute Gasteiger partial charge is 0.184 e. The molecule has 0 atom stereocenters. The van der Waals surface area contributed by atoms with E-state index in [4.69, 9.17) is 9.47 Å². The third-order valence-electron chi connectivity index (χ3n) is 7.76. The number of hydrogen-bond acceptors (Lipinski definition) is 2. The quantitative estimate of drug-likeness (QED) is 0.147. The van der Waals surface area contributed by atoms with E-state index in [0.29, 0.717) is 0 Å². The normalized spacial score (nSPS) is 13.1. The van der Waals surface area contributed by atoms with Crippen molar-refractivity contribution in [2.75, 3.05) is 20.8 Å². The molecule has 0 bridgehead atoms. The summed E-state index contributed by atoms with van der Waals surface area (Å²) in [5.41, 5.74) is 5.14. The Labute approximate surface area is 225 Å². The Kier molecular flexibility index (Phi) is 13.0. The third-order valence-corrected chi connectivity index (χ3v) is 7.76. The van der Waals surface area contributed by atoms with Gasteiger partial charge in [0, 0.05) is 24.0 Å². The van der Waals surface area contributed by atoms with Crippen LogP contribution in [0.5, 0.6) is 11.5 Å². The highest BCUT2D eigenvalue weighted by atomic mass is 19.1. The van der Waals surface area contributed by atoms with Crippen molar-refractivity contribution in [3.05, 3.63) is 58.9 Å². The van der Waals surface area contributed by atoms with Crippen LogP contribution in [0.2, 0.25) is 0 Å². The molecule has 0 amide bonds. The molecule has 0 saturated carbocycles. The molecule has 0 aliphatic carbocycles. The van der Waals surface area contributed by atoms with E-state index in [-0.39, 0.29) is 5.82 Å². The summed E-state index contributed by atoms with van der Waals surface area (Å²) in [6, 6.07) is 11.2. The Morgan fingerprint density at radius 1 is 0.730 bits per heavy atom. The fraction of sp³-hybridized carbons (Fsp3) is 0.606. The van der Waals surface area contributed by atoms with E-state index in [0.717, 1.165) is 43.0 Å². The molecule has 204 valence electrons. The van der Waals surface area contributed by atoms with Crippen molar-refractivity contribution >= 4 is 5.71 Å². The van der Waals surface area contributed by atoms with Gasteiger partial charge in [-0.25, -0.2) is 8.97 Å². The monoisotopic (exact) mass is 510 g/mol. The van der Waals surface area contributed by atoms with Crippen LogP contribution < -0.4 is 9.47 Å². The third kappa shape index (κ3) is 9.47. The number of halogens is 1. The summed E-state index contributed by atoms with van der Waals surface area (Å²) in [5, 5.41) is 0. The molecule has 0 N–H and O–H groups in total. The molecular weight excluding hydrogens is 461 g/mol. The van der Waals surface area contributed by atoms with Gasteiger partial charge < -0.3 is 9.47 Å². The zero-order valence-corrected chi connectivity index (χ0v) is 23.6. The number of hydrogen-bond donors (Lipinski definition) is 0. The van der Waals surface area contributed by atoms with Crippen LogP contribution in [-0.2, 0) is 13.0 Å². The molecule has 2 aromatic rings. The minimum absolute atomic E-state index is 0.180. The summed E-state index contributed by atoms with van der Waals surface area (Å²) in [4.78, 5) is 0. The predicted molar refractivity (Wildman–Crippen MR) is 153 cm³/mol. The Morgan fingerprint density at radius 2 is 1.27 bits per heavy atom. The number of ether oxygens (including phenoxy) is 2. The van der Waals surface area contributed by atoms with E-state index in [1.807, 2.05) is 12.1 Å². The predicted octanol–water partition coefficient (Wildman–Crippen LogP) is 8.88. The summed E-state index contributed by atoms with van der Waals surface area (Å²) in [6.45, 7) is 4.06. The molecule has 3 rings (SSSR count). The van der Waals surface area contributed by atoms with Crippen LogP contribution in [0.4, 0.5) is 4.39 Å². The average Bonchev–Trinajstić information content (AvgIpc) is 2.92. The van der Waals surface area contributed by atoms with Gasteiger partial charge >= 0.3 is 0 Å². The summed E-state index contributed by atoms with van der Waals surface area (Å²) in [7, 11) is 3.40. The first-order valence-corrected chi connectivity index (χ1v) is 14.8. The van der Waals surface area contributed by atoms with Crippen LogP contribution in [0, 0.1) is 5.82 Å². The van der Waals surface area contributed by atoms with Crippen LogP contribution in [0.3, 0.4) is 0 Å². The van der Waals surface area contributed by atoms with E-state index < -0.39 is 0 Å². The lowest BCUT2D eigenvalue weighted by atomic mass is 9.92. The summed E-state index contributed by atoms with van der Waals surface area (Å²) in [5.74, 6) is 1.40. The second-order valence-corrected chi connectivity index (χ2v) is 10.6. The summed E-state index contributed by atoms with van der Waals surface area (Å²) in [6.07, 6.45) is 19.8. The number of rotatable bonds is 18. The van der Waals surface area contributed by atoms with Crippen molar-refractivity contribution in [2.24, 2.45) is 0 Å². The first-order chi connectivity index (χ1) is 18.2. The topological polar surface area (TPSA) is 21.5 Å². The molecule has 0 saturated heterocycles. The molecule has 2 aromatic carbocycles. The van der Waals surface area contributed by atoms with Gasteiger partial charge in [-0.15, -0.1) is 0 Å². The van der Waals surface area contributed by atoms with Gasteiger partial charge in [-0.3, -0.25) is 0 Å². The molecule has 1 aliphatic heterocycles.